The molecule has 2 aromatic carbocycles. The molecule has 1 saturated carbocycles. The summed E-state index contributed by atoms with van der Waals surface area (Å²) in [6, 6.07) is 19.7. The molecule has 1 aromatic heterocycles. The molecule has 0 aliphatic heterocycles. The Bertz CT molecular complexity index is 824. The summed E-state index contributed by atoms with van der Waals surface area (Å²) in [5, 5.41) is 11.6. The first-order valence-corrected chi connectivity index (χ1v) is 9.63. The molecule has 0 atom stereocenters. The summed E-state index contributed by atoms with van der Waals surface area (Å²) in [6.07, 6.45) is 2.23. The van der Waals surface area contributed by atoms with E-state index in [0.717, 1.165) is 24.0 Å². The van der Waals surface area contributed by atoms with Crippen molar-refractivity contribution in [3.8, 4) is 0 Å². The summed E-state index contributed by atoms with van der Waals surface area (Å²) in [6.45, 7) is 0. The lowest BCUT2D eigenvalue weighted by atomic mass is 9.99. The third-order valence-electron chi connectivity index (χ3n) is 4.25. The van der Waals surface area contributed by atoms with Gasteiger partial charge in [-0.15, -0.1) is 10.2 Å². The molecule has 1 heterocycles. The van der Waals surface area contributed by atoms with Crippen LogP contribution in [0.3, 0.4) is 0 Å². The number of thioether (sulfide) groups is 1. The van der Waals surface area contributed by atoms with Crippen molar-refractivity contribution < 1.29 is 9.21 Å². The number of carbonyl (C=O) groups is 1. The van der Waals surface area contributed by atoms with Gasteiger partial charge in [0.1, 0.15) is 0 Å². The van der Waals surface area contributed by atoms with E-state index in [1.807, 2.05) is 60.7 Å². The van der Waals surface area contributed by atoms with Gasteiger partial charge in [-0.05, 0) is 24.0 Å². The van der Waals surface area contributed by atoms with Gasteiger partial charge in [-0.25, -0.2) is 0 Å². The molecule has 0 radical (unpaired) electrons. The van der Waals surface area contributed by atoms with Crippen LogP contribution in [0.2, 0.25) is 0 Å². The fourth-order valence-corrected chi connectivity index (χ4v) is 3.33. The zero-order valence-corrected chi connectivity index (χ0v) is 15.0. The SMILES string of the molecule is O=C(CSc1nnc(C2CC2)o1)NC(c1ccccc1)c1ccccc1. The van der Waals surface area contributed by atoms with Gasteiger partial charge in [-0.3, -0.25) is 4.79 Å². The van der Waals surface area contributed by atoms with Crippen molar-refractivity contribution in [2.75, 3.05) is 5.75 Å². The average Bonchev–Trinajstić information content (AvgIpc) is 3.44. The lowest BCUT2D eigenvalue weighted by molar-refractivity contribution is -0.119. The quantitative estimate of drug-likeness (QED) is 0.642. The maximum absolute atomic E-state index is 12.5. The molecule has 1 fully saturated rings. The van der Waals surface area contributed by atoms with Gasteiger partial charge in [0.25, 0.3) is 5.22 Å². The second kappa shape index (κ2) is 7.74. The van der Waals surface area contributed by atoms with Crippen LogP contribution in [0.25, 0.3) is 0 Å². The van der Waals surface area contributed by atoms with Crippen LogP contribution in [0.5, 0.6) is 0 Å². The van der Waals surface area contributed by atoms with Crippen LogP contribution in [0.4, 0.5) is 0 Å². The van der Waals surface area contributed by atoms with Crippen molar-refractivity contribution >= 4 is 17.7 Å². The number of hydrogen-bond donors (Lipinski definition) is 1. The molecule has 1 amide bonds. The van der Waals surface area contributed by atoms with Crippen LogP contribution < -0.4 is 5.32 Å². The van der Waals surface area contributed by atoms with Gasteiger partial charge in [0.05, 0.1) is 11.8 Å². The van der Waals surface area contributed by atoms with Crippen molar-refractivity contribution in [1.29, 1.82) is 0 Å². The first kappa shape index (κ1) is 16.8. The molecule has 26 heavy (non-hydrogen) atoms. The van der Waals surface area contributed by atoms with E-state index in [1.165, 1.54) is 11.8 Å². The highest BCUT2D eigenvalue weighted by molar-refractivity contribution is 7.99. The first-order chi connectivity index (χ1) is 12.8. The van der Waals surface area contributed by atoms with Crippen LogP contribution in [0, 0.1) is 0 Å². The van der Waals surface area contributed by atoms with Crippen LogP contribution in [-0.4, -0.2) is 21.9 Å². The topological polar surface area (TPSA) is 68.0 Å². The molecule has 1 aliphatic rings. The lowest BCUT2D eigenvalue weighted by Gasteiger charge is -2.19. The van der Waals surface area contributed by atoms with Crippen LogP contribution in [-0.2, 0) is 4.79 Å². The largest absolute Gasteiger partial charge is 0.416 e. The van der Waals surface area contributed by atoms with E-state index in [2.05, 4.69) is 15.5 Å². The Hall–Kier alpha value is -2.60. The zero-order valence-electron chi connectivity index (χ0n) is 14.2. The Balaban J connectivity index is 1.42. The summed E-state index contributed by atoms with van der Waals surface area (Å²) in [4.78, 5) is 12.5. The number of carbonyl (C=O) groups excluding carboxylic acids is 1. The van der Waals surface area contributed by atoms with Gasteiger partial charge in [0.15, 0.2) is 0 Å². The van der Waals surface area contributed by atoms with E-state index in [9.17, 15) is 4.79 Å². The molecule has 0 spiro atoms. The molecule has 5 nitrogen and oxygen atoms in total. The fraction of sp³-hybridized carbons (Fsp3) is 0.250. The normalized spacial score (nSPS) is 13.7. The van der Waals surface area contributed by atoms with Crippen molar-refractivity contribution in [2.45, 2.75) is 30.0 Å². The molecule has 0 saturated heterocycles. The predicted octanol–water partition coefficient (Wildman–Crippen LogP) is 3.94. The molecule has 4 rings (SSSR count). The van der Waals surface area contributed by atoms with E-state index in [-0.39, 0.29) is 17.7 Å². The van der Waals surface area contributed by atoms with Crippen LogP contribution in [0.15, 0.2) is 70.3 Å². The average molecular weight is 365 g/mol. The van der Waals surface area contributed by atoms with Gasteiger partial charge >= 0.3 is 0 Å². The van der Waals surface area contributed by atoms with E-state index >= 15 is 0 Å². The minimum Gasteiger partial charge on any atom is -0.416 e. The zero-order chi connectivity index (χ0) is 17.8. The second-order valence-electron chi connectivity index (χ2n) is 6.29. The molecular formula is C20H19N3O2S. The van der Waals surface area contributed by atoms with Crippen LogP contribution >= 0.6 is 11.8 Å². The number of aromatic nitrogens is 2. The van der Waals surface area contributed by atoms with E-state index in [4.69, 9.17) is 4.42 Å². The molecule has 1 N–H and O–H groups in total. The molecule has 0 bridgehead atoms. The Kier molecular flexibility index (Phi) is 5.02. The molecule has 0 unspecified atom stereocenters. The summed E-state index contributed by atoms with van der Waals surface area (Å²) in [7, 11) is 0. The fourth-order valence-electron chi connectivity index (χ4n) is 2.75. The Morgan fingerprint density at radius 3 is 2.23 bits per heavy atom. The van der Waals surface area contributed by atoms with Gasteiger partial charge in [-0.1, -0.05) is 72.4 Å². The Morgan fingerprint density at radius 2 is 1.65 bits per heavy atom. The maximum atomic E-state index is 12.5. The Morgan fingerprint density at radius 1 is 1.04 bits per heavy atom. The highest BCUT2D eigenvalue weighted by Gasteiger charge is 2.29. The monoisotopic (exact) mass is 365 g/mol. The second-order valence-corrected chi connectivity index (χ2v) is 7.22. The van der Waals surface area contributed by atoms with Gasteiger partial charge < -0.3 is 9.73 Å². The minimum absolute atomic E-state index is 0.0705. The summed E-state index contributed by atoms with van der Waals surface area (Å²) in [5.41, 5.74) is 2.09. The molecule has 3 aromatic rings. The Labute approximate surface area is 156 Å². The highest BCUT2D eigenvalue weighted by Crippen LogP contribution is 2.39. The predicted molar refractivity (Wildman–Crippen MR) is 99.9 cm³/mol. The first-order valence-electron chi connectivity index (χ1n) is 8.65. The van der Waals surface area contributed by atoms with Gasteiger partial charge in [0, 0.05) is 5.92 Å². The number of amides is 1. The molecule has 132 valence electrons. The number of benzene rings is 2. The molecule has 1 aliphatic carbocycles. The third-order valence-corrected chi connectivity index (χ3v) is 5.07. The number of hydrogen-bond acceptors (Lipinski definition) is 5. The van der Waals surface area contributed by atoms with Crippen molar-refractivity contribution in [3.05, 3.63) is 77.7 Å². The van der Waals surface area contributed by atoms with Crippen molar-refractivity contribution in [1.82, 2.24) is 15.5 Å². The van der Waals surface area contributed by atoms with E-state index in [0.29, 0.717) is 17.0 Å². The van der Waals surface area contributed by atoms with E-state index in [1.54, 1.807) is 0 Å². The van der Waals surface area contributed by atoms with Crippen LogP contribution in [0.1, 0.15) is 41.8 Å². The lowest BCUT2D eigenvalue weighted by Crippen LogP contribution is -2.30. The van der Waals surface area contributed by atoms with Crippen molar-refractivity contribution in [3.63, 3.8) is 0 Å². The number of rotatable bonds is 7. The molecular weight excluding hydrogens is 346 g/mol. The number of nitrogens with zero attached hydrogens (tertiary/aromatic N) is 2. The molecule has 6 heteroatoms. The highest BCUT2D eigenvalue weighted by atomic mass is 32.2. The van der Waals surface area contributed by atoms with E-state index < -0.39 is 0 Å². The van der Waals surface area contributed by atoms with Crippen molar-refractivity contribution in [2.24, 2.45) is 0 Å². The smallest absolute Gasteiger partial charge is 0.277 e. The summed E-state index contributed by atoms with van der Waals surface area (Å²) >= 11 is 1.27. The maximum Gasteiger partial charge on any atom is 0.277 e. The van der Waals surface area contributed by atoms with Gasteiger partial charge in [-0.2, -0.15) is 0 Å². The van der Waals surface area contributed by atoms with Gasteiger partial charge in [0.2, 0.25) is 11.8 Å². The number of nitrogens with one attached hydrogen (secondary N) is 1. The summed E-state index contributed by atoms with van der Waals surface area (Å²) in [5.74, 6) is 1.28. The third kappa shape index (κ3) is 4.14. The minimum atomic E-state index is -0.185. The summed E-state index contributed by atoms with van der Waals surface area (Å²) < 4.78 is 5.59. The standard InChI is InChI=1S/C20H19N3O2S/c24-17(13-26-20-23-22-19(25-20)16-11-12-16)21-18(14-7-3-1-4-8-14)15-9-5-2-6-10-15/h1-10,16,18H,11-13H2,(H,21,24).